The number of ether oxygens (including phenoxy) is 2. The van der Waals surface area contributed by atoms with Gasteiger partial charge in [-0.1, -0.05) is 37.3 Å². The SMILES string of the molecule is CCCOc1ccc(F)cc1-c1cc(-c2ccc3cc(OC)ccc3c2)n([C@@H](C)c2ccc(C(=O)NCCC(=O)O)cc2)n1. The van der Waals surface area contributed by atoms with Crippen molar-refractivity contribution in [3.05, 3.63) is 102 Å². The number of aliphatic carboxylic acids is 1. The minimum atomic E-state index is -0.975. The van der Waals surface area contributed by atoms with Crippen molar-refractivity contribution >= 4 is 22.6 Å². The molecule has 1 heterocycles. The van der Waals surface area contributed by atoms with Crippen LogP contribution in [-0.2, 0) is 4.79 Å². The summed E-state index contributed by atoms with van der Waals surface area (Å²) in [6, 6.07) is 25.3. The maximum Gasteiger partial charge on any atom is 0.305 e. The molecule has 0 aliphatic rings. The van der Waals surface area contributed by atoms with Crippen LogP contribution in [0.15, 0.2) is 84.9 Å². The van der Waals surface area contributed by atoms with Gasteiger partial charge in [0, 0.05) is 23.2 Å². The number of rotatable bonds is 12. The van der Waals surface area contributed by atoms with Crippen LogP contribution in [0.4, 0.5) is 4.39 Å². The van der Waals surface area contributed by atoms with Gasteiger partial charge in [0.15, 0.2) is 0 Å². The smallest absolute Gasteiger partial charge is 0.305 e. The Bertz CT molecular complexity index is 1800. The summed E-state index contributed by atoms with van der Waals surface area (Å²) in [5, 5.41) is 18.5. The number of fused-ring (bicyclic) bond motifs is 1. The number of carbonyl (C=O) groups is 2. The van der Waals surface area contributed by atoms with Crippen LogP contribution in [0.2, 0.25) is 0 Å². The summed E-state index contributed by atoms with van der Waals surface area (Å²) >= 11 is 0. The Hall–Kier alpha value is -5.18. The van der Waals surface area contributed by atoms with Crippen molar-refractivity contribution in [2.24, 2.45) is 0 Å². The molecule has 1 amide bonds. The summed E-state index contributed by atoms with van der Waals surface area (Å²) in [4.78, 5) is 23.3. The van der Waals surface area contributed by atoms with E-state index in [9.17, 15) is 14.0 Å². The molecule has 0 radical (unpaired) electrons. The third kappa shape index (κ3) is 6.72. The number of benzene rings is 4. The first-order valence-electron chi connectivity index (χ1n) is 14.5. The van der Waals surface area contributed by atoms with Gasteiger partial charge < -0.3 is 19.9 Å². The van der Waals surface area contributed by atoms with Gasteiger partial charge in [-0.2, -0.15) is 5.10 Å². The molecule has 0 unspecified atom stereocenters. The fourth-order valence-corrected chi connectivity index (χ4v) is 5.03. The van der Waals surface area contributed by atoms with Gasteiger partial charge in [-0.05, 0) is 84.3 Å². The summed E-state index contributed by atoms with van der Waals surface area (Å²) in [6.07, 6.45) is 0.660. The molecule has 5 rings (SSSR count). The number of hydrogen-bond donors (Lipinski definition) is 2. The number of hydrogen-bond acceptors (Lipinski definition) is 5. The third-order valence-electron chi connectivity index (χ3n) is 7.40. The minimum Gasteiger partial charge on any atom is -0.497 e. The van der Waals surface area contributed by atoms with Crippen LogP contribution in [0.3, 0.4) is 0 Å². The second-order valence-electron chi connectivity index (χ2n) is 10.5. The van der Waals surface area contributed by atoms with E-state index in [-0.39, 0.29) is 30.7 Å². The first-order chi connectivity index (χ1) is 21.3. The maximum atomic E-state index is 14.5. The minimum absolute atomic E-state index is 0.0499. The Morgan fingerprint density at radius 1 is 0.977 bits per heavy atom. The lowest BCUT2D eigenvalue weighted by Crippen LogP contribution is -2.26. The molecule has 0 fully saturated rings. The highest BCUT2D eigenvalue weighted by Crippen LogP contribution is 2.36. The fraction of sp³-hybridized carbons (Fsp3) is 0.229. The summed E-state index contributed by atoms with van der Waals surface area (Å²) in [7, 11) is 1.64. The number of carbonyl (C=O) groups excluding carboxylic acids is 1. The Morgan fingerprint density at radius 3 is 2.45 bits per heavy atom. The van der Waals surface area contributed by atoms with E-state index in [0.717, 1.165) is 39.8 Å². The number of methoxy groups -OCH3 is 1. The average Bonchev–Trinajstić information content (AvgIpc) is 3.48. The summed E-state index contributed by atoms with van der Waals surface area (Å²) < 4.78 is 27.7. The first-order valence-corrected chi connectivity index (χ1v) is 14.5. The van der Waals surface area contributed by atoms with Gasteiger partial charge in [-0.25, -0.2) is 4.39 Å². The molecule has 5 aromatic rings. The van der Waals surface area contributed by atoms with Crippen molar-refractivity contribution in [2.45, 2.75) is 32.7 Å². The van der Waals surface area contributed by atoms with Crippen molar-refractivity contribution < 1.29 is 28.6 Å². The molecule has 1 atom stereocenters. The van der Waals surface area contributed by atoms with Crippen LogP contribution in [0.5, 0.6) is 11.5 Å². The molecule has 0 bridgehead atoms. The van der Waals surface area contributed by atoms with Gasteiger partial charge in [-0.15, -0.1) is 0 Å². The highest BCUT2D eigenvalue weighted by Gasteiger charge is 2.21. The second kappa shape index (κ2) is 13.4. The molecular weight excluding hydrogens is 561 g/mol. The lowest BCUT2D eigenvalue weighted by molar-refractivity contribution is -0.136. The molecular formula is C35H34FN3O5. The van der Waals surface area contributed by atoms with Crippen LogP contribution >= 0.6 is 0 Å². The van der Waals surface area contributed by atoms with Gasteiger partial charge >= 0.3 is 5.97 Å². The van der Waals surface area contributed by atoms with Crippen LogP contribution in [0.1, 0.15) is 48.7 Å². The Balaban J connectivity index is 1.55. The van der Waals surface area contributed by atoms with Crippen molar-refractivity contribution in [1.82, 2.24) is 15.1 Å². The van der Waals surface area contributed by atoms with E-state index in [2.05, 4.69) is 11.4 Å². The molecule has 0 aliphatic heterocycles. The Labute approximate surface area is 255 Å². The first kappa shape index (κ1) is 30.3. The molecule has 0 aliphatic carbocycles. The largest absolute Gasteiger partial charge is 0.497 e. The highest BCUT2D eigenvalue weighted by molar-refractivity contribution is 5.94. The Kier molecular flexibility index (Phi) is 9.23. The fourth-order valence-electron chi connectivity index (χ4n) is 5.03. The normalized spacial score (nSPS) is 11.7. The molecule has 2 N–H and O–H groups in total. The average molecular weight is 596 g/mol. The monoisotopic (exact) mass is 595 g/mol. The number of halogens is 1. The van der Waals surface area contributed by atoms with Gasteiger partial charge in [0.2, 0.25) is 0 Å². The standard InChI is InChI=1S/C35H34FN3O5/c1-4-17-44-33-14-12-28(36)20-30(33)31-21-32(27-10-9-26-19-29(43-3)13-11-25(26)18-27)39(38-31)22(2)23-5-7-24(8-6-23)35(42)37-16-15-34(40)41/h5-14,18-22H,4,15-17H2,1-3H3,(H,37,42)(H,40,41)/t22-/m0/s1. The van der Waals surface area contributed by atoms with E-state index in [4.69, 9.17) is 19.7 Å². The molecule has 9 heteroatoms. The number of amides is 1. The van der Waals surface area contributed by atoms with E-state index >= 15 is 0 Å². The molecule has 226 valence electrons. The molecule has 44 heavy (non-hydrogen) atoms. The van der Waals surface area contributed by atoms with Crippen LogP contribution in [0.25, 0.3) is 33.3 Å². The van der Waals surface area contributed by atoms with Crippen molar-refractivity contribution in [2.75, 3.05) is 20.3 Å². The molecule has 8 nitrogen and oxygen atoms in total. The highest BCUT2D eigenvalue weighted by atomic mass is 19.1. The quantitative estimate of drug-likeness (QED) is 0.159. The topological polar surface area (TPSA) is 103 Å². The predicted molar refractivity (Wildman–Crippen MR) is 168 cm³/mol. The van der Waals surface area contributed by atoms with E-state index in [1.165, 1.54) is 12.1 Å². The molecule has 4 aromatic carbocycles. The lowest BCUT2D eigenvalue weighted by Gasteiger charge is -2.17. The number of nitrogens with zero attached hydrogens (tertiary/aromatic N) is 2. The van der Waals surface area contributed by atoms with Crippen LogP contribution < -0.4 is 14.8 Å². The van der Waals surface area contributed by atoms with Crippen LogP contribution in [0, 0.1) is 5.82 Å². The van der Waals surface area contributed by atoms with Gasteiger partial charge in [-0.3, -0.25) is 14.3 Å². The maximum absolute atomic E-state index is 14.5. The summed E-state index contributed by atoms with van der Waals surface area (Å²) in [5.41, 5.74) is 4.21. The van der Waals surface area contributed by atoms with Gasteiger partial charge in [0.05, 0.1) is 37.6 Å². The molecule has 0 spiro atoms. The van der Waals surface area contributed by atoms with Crippen molar-refractivity contribution in [3.8, 4) is 34.0 Å². The van der Waals surface area contributed by atoms with E-state index in [1.807, 2.05) is 67.1 Å². The predicted octanol–water partition coefficient (Wildman–Crippen LogP) is 7.12. The summed E-state index contributed by atoms with van der Waals surface area (Å²) in [5.74, 6) is -0.370. The molecule has 1 aromatic heterocycles. The van der Waals surface area contributed by atoms with Crippen LogP contribution in [-0.4, -0.2) is 47.0 Å². The van der Waals surface area contributed by atoms with E-state index in [1.54, 1.807) is 25.3 Å². The third-order valence-corrected chi connectivity index (χ3v) is 7.40. The number of carboxylic acids is 1. The van der Waals surface area contributed by atoms with E-state index < -0.39 is 5.97 Å². The van der Waals surface area contributed by atoms with Gasteiger partial charge in [0.25, 0.3) is 5.91 Å². The molecule has 0 saturated heterocycles. The molecule has 0 saturated carbocycles. The van der Waals surface area contributed by atoms with Crippen molar-refractivity contribution in [1.29, 1.82) is 0 Å². The zero-order valence-electron chi connectivity index (χ0n) is 24.8. The second-order valence-corrected chi connectivity index (χ2v) is 10.5. The zero-order chi connectivity index (χ0) is 31.2. The lowest BCUT2D eigenvalue weighted by atomic mass is 10.0. The number of nitrogens with one attached hydrogen (secondary N) is 1. The Morgan fingerprint density at radius 2 is 1.73 bits per heavy atom. The van der Waals surface area contributed by atoms with Gasteiger partial charge in [0.1, 0.15) is 17.3 Å². The number of carboxylic acid groups (broad SMARTS) is 1. The van der Waals surface area contributed by atoms with E-state index in [0.29, 0.717) is 29.2 Å². The zero-order valence-corrected chi connectivity index (χ0v) is 24.8. The van der Waals surface area contributed by atoms with Crippen molar-refractivity contribution in [3.63, 3.8) is 0 Å². The summed E-state index contributed by atoms with van der Waals surface area (Å²) in [6.45, 7) is 4.56. The number of aromatic nitrogens is 2.